The quantitative estimate of drug-likeness (QED) is 0.334. The molecule has 1 unspecified atom stereocenters. The summed E-state index contributed by atoms with van der Waals surface area (Å²) in [4.78, 5) is 5.60. The van der Waals surface area contributed by atoms with Gasteiger partial charge in [0, 0.05) is 36.0 Å². The molecule has 2 aromatic rings. The fourth-order valence-electron chi connectivity index (χ4n) is 7.06. The monoisotopic (exact) mass is 603 g/mol. The number of aliphatic hydroxyl groups is 1. The number of fused-ring (bicyclic) bond motifs is 1. The molecule has 1 fully saturated rings. The van der Waals surface area contributed by atoms with Crippen LogP contribution in [-0.4, -0.2) is 31.6 Å². The molecule has 2 atom stereocenters. The van der Waals surface area contributed by atoms with Gasteiger partial charge in [0.2, 0.25) is 0 Å². The molecule has 0 radical (unpaired) electrons. The number of pyridine rings is 1. The van der Waals surface area contributed by atoms with Gasteiger partial charge in [-0.15, -0.1) is 0 Å². The summed E-state index contributed by atoms with van der Waals surface area (Å²) in [6.07, 6.45) is 8.76. The number of hydrogen-bond acceptors (Lipinski definition) is 4. The first kappa shape index (κ1) is 32.6. The van der Waals surface area contributed by atoms with E-state index in [1.165, 1.54) is 28.0 Å². The van der Waals surface area contributed by atoms with E-state index in [0.29, 0.717) is 0 Å². The van der Waals surface area contributed by atoms with E-state index in [2.05, 4.69) is 98.8 Å². The van der Waals surface area contributed by atoms with Crippen LogP contribution in [0.5, 0.6) is 0 Å². The van der Waals surface area contributed by atoms with Crippen molar-refractivity contribution >= 4 is 13.9 Å². The molecule has 1 aromatic carbocycles. The summed E-state index contributed by atoms with van der Waals surface area (Å²) in [5, 5.41) is 12.6. The third kappa shape index (κ3) is 6.76. The minimum Gasteiger partial charge on any atom is -0.410 e. The number of allylic oxidation sites excluding steroid dienone is 2. The van der Waals surface area contributed by atoms with E-state index in [1.54, 1.807) is 0 Å². The first-order valence-corrected chi connectivity index (χ1v) is 19.7. The molecule has 1 N–H and O–H groups in total. The average molecular weight is 604 g/mol. The number of aromatic nitrogens is 1. The van der Waals surface area contributed by atoms with Gasteiger partial charge in [-0.05, 0) is 96.2 Å². The minimum absolute atomic E-state index is 0.0263. The molecule has 0 bridgehead atoms. The molecule has 1 aliphatic heterocycles. The van der Waals surface area contributed by atoms with Crippen LogP contribution in [0.3, 0.4) is 0 Å². The molecular formula is C38H57NO3Si. The lowest BCUT2D eigenvalue weighted by Crippen LogP contribution is -2.44. The molecule has 3 aliphatic rings. The predicted octanol–water partition coefficient (Wildman–Crippen LogP) is 9.96. The number of ether oxygens (including phenoxy) is 1. The number of aliphatic hydroxyl groups excluding tert-OH is 1. The summed E-state index contributed by atoms with van der Waals surface area (Å²) in [5.74, 6) is 0.281. The maximum atomic E-state index is 12.5. The van der Waals surface area contributed by atoms with Crippen molar-refractivity contribution in [3.05, 3.63) is 69.5 Å². The number of benzene rings is 1. The van der Waals surface area contributed by atoms with Gasteiger partial charge < -0.3 is 14.3 Å². The zero-order valence-corrected chi connectivity index (χ0v) is 29.7. The first-order chi connectivity index (χ1) is 20.0. The molecule has 0 amide bonds. The van der Waals surface area contributed by atoms with Crippen LogP contribution in [0.1, 0.15) is 151 Å². The highest BCUT2D eigenvalue weighted by Gasteiger charge is 2.45. The van der Waals surface area contributed by atoms with Gasteiger partial charge in [0.05, 0.1) is 11.8 Å². The average Bonchev–Trinajstić information content (AvgIpc) is 3.45. The fraction of sp³-hybridized carbons (Fsp3) is 0.658. The second-order valence-electron chi connectivity index (χ2n) is 16.8. The van der Waals surface area contributed by atoms with Gasteiger partial charge in [-0.3, -0.25) is 4.98 Å². The topological polar surface area (TPSA) is 51.6 Å². The van der Waals surface area contributed by atoms with Gasteiger partial charge >= 0.3 is 0 Å². The molecule has 43 heavy (non-hydrogen) atoms. The zero-order chi connectivity index (χ0) is 31.4. The lowest BCUT2D eigenvalue weighted by Gasteiger charge is -2.45. The number of hydrogen-bond donors (Lipinski definition) is 1. The van der Waals surface area contributed by atoms with Crippen molar-refractivity contribution in [2.75, 3.05) is 13.2 Å². The van der Waals surface area contributed by atoms with Gasteiger partial charge in [0.25, 0.3) is 0 Å². The second kappa shape index (κ2) is 11.9. The van der Waals surface area contributed by atoms with Crippen LogP contribution >= 0.6 is 0 Å². The van der Waals surface area contributed by atoms with Crippen molar-refractivity contribution < 1.29 is 14.3 Å². The third-order valence-electron chi connectivity index (χ3n) is 10.7. The van der Waals surface area contributed by atoms with Crippen LogP contribution in [0.2, 0.25) is 18.1 Å². The highest BCUT2D eigenvalue weighted by atomic mass is 28.4. The molecule has 5 rings (SSSR count). The van der Waals surface area contributed by atoms with Crippen LogP contribution in [0.25, 0.3) is 5.57 Å². The summed E-state index contributed by atoms with van der Waals surface area (Å²) in [5.41, 5.74) is 9.62. The Hall–Kier alpha value is -1.79. The van der Waals surface area contributed by atoms with Crippen molar-refractivity contribution in [1.29, 1.82) is 0 Å². The molecule has 5 heteroatoms. The van der Waals surface area contributed by atoms with Gasteiger partial charge in [-0.1, -0.05) is 85.7 Å². The van der Waals surface area contributed by atoms with Crippen molar-refractivity contribution in [3.8, 4) is 0 Å². The lowest BCUT2D eigenvalue weighted by molar-refractivity contribution is 0.0828. The summed E-state index contributed by atoms with van der Waals surface area (Å²) < 4.78 is 13.2. The molecule has 0 saturated carbocycles. The molecule has 1 aromatic heterocycles. The molecule has 4 nitrogen and oxygen atoms in total. The highest BCUT2D eigenvalue weighted by molar-refractivity contribution is 6.74. The van der Waals surface area contributed by atoms with Crippen LogP contribution in [0, 0.1) is 5.41 Å². The standard InChI is InChI=1S/C38H57NO3Si/c1-36(2,3)28-17-15-27(16-18-28)35(40)33-31(25-13-11-12-14-25)32-29(39-34(33)26-19-21-41-22-20-26)23-38(7,8)24-30(32)42-43(9,10)37(4,5)6/h13,15-18,26,30,35,40H,11-12,14,19-24H2,1-10H3/t30?,35-/m1/s1. The number of rotatable bonds is 6. The Morgan fingerprint density at radius 3 is 2.23 bits per heavy atom. The summed E-state index contributed by atoms with van der Waals surface area (Å²) in [6, 6.07) is 8.66. The SMILES string of the molecule is CC1(C)Cc2nc(C3CCOCC3)c([C@H](O)c3ccc(C(C)(C)C)cc3)c(C3=CCCC3)c2C(O[Si](C)(C)C(C)(C)C)C1. The van der Waals surface area contributed by atoms with Gasteiger partial charge in [-0.25, -0.2) is 0 Å². The van der Waals surface area contributed by atoms with Crippen LogP contribution < -0.4 is 0 Å². The van der Waals surface area contributed by atoms with Crippen molar-refractivity contribution in [1.82, 2.24) is 4.98 Å². The molecular weight excluding hydrogens is 547 g/mol. The maximum Gasteiger partial charge on any atom is 0.192 e. The fourth-order valence-corrected chi connectivity index (χ4v) is 8.33. The van der Waals surface area contributed by atoms with Gasteiger partial charge in [0.1, 0.15) is 6.10 Å². The summed E-state index contributed by atoms with van der Waals surface area (Å²) in [6.45, 7) is 24.7. The Labute approximate surface area is 262 Å². The maximum absolute atomic E-state index is 12.5. The summed E-state index contributed by atoms with van der Waals surface area (Å²) >= 11 is 0. The zero-order valence-electron chi connectivity index (χ0n) is 28.7. The predicted molar refractivity (Wildman–Crippen MR) is 181 cm³/mol. The minimum atomic E-state index is -2.09. The van der Waals surface area contributed by atoms with E-state index in [4.69, 9.17) is 14.1 Å². The van der Waals surface area contributed by atoms with E-state index >= 15 is 0 Å². The lowest BCUT2D eigenvalue weighted by atomic mass is 9.71. The smallest absolute Gasteiger partial charge is 0.192 e. The Morgan fingerprint density at radius 1 is 1.02 bits per heavy atom. The normalized spacial score (nSPS) is 22.3. The van der Waals surface area contributed by atoms with E-state index in [1.807, 2.05) is 0 Å². The Kier molecular flexibility index (Phi) is 8.99. The molecule has 0 spiro atoms. The Morgan fingerprint density at radius 2 is 1.67 bits per heavy atom. The molecule has 2 heterocycles. The Balaban J connectivity index is 1.76. The van der Waals surface area contributed by atoms with Gasteiger partial charge in [0.15, 0.2) is 8.32 Å². The summed E-state index contributed by atoms with van der Waals surface area (Å²) in [7, 11) is -2.09. The van der Waals surface area contributed by atoms with Crippen molar-refractivity contribution in [2.45, 2.75) is 142 Å². The first-order valence-electron chi connectivity index (χ1n) is 16.8. The van der Waals surface area contributed by atoms with Crippen LogP contribution in [0.15, 0.2) is 30.3 Å². The van der Waals surface area contributed by atoms with Gasteiger partial charge in [-0.2, -0.15) is 0 Å². The van der Waals surface area contributed by atoms with Crippen LogP contribution in [0.4, 0.5) is 0 Å². The van der Waals surface area contributed by atoms with E-state index in [9.17, 15) is 5.11 Å². The number of nitrogens with zero attached hydrogens (tertiary/aromatic N) is 1. The largest absolute Gasteiger partial charge is 0.410 e. The van der Waals surface area contributed by atoms with Crippen LogP contribution in [-0.2, 0) is 21.0 Å². The molecule has 236 valence electrons. The van der Waals surface area contributed by atoms with Crippen molar-refractivity contribution in [2.24, 2.45) is 5.41 Å². The highest BCUT2D eigenvalue weighted by Crippen LogP contribution is 2.52. The van der Waals surface area contributed by atoms with E-state index < -0.39 is 14.4 Å². The molecule has 1 saturated heterocycles. The van der Waals surface area contributed by atoms with E-state index in [-0.39, 0.29) is 27.9 Å². The van der Waals surface area contributed by atoms with E-state index in [0.717, 1.165) is 75.0 Å². The second-order valence-corrected chi connectivity index (χ2v) is 21.6. The third-order valence-corrected chi connectivity index (χ3v) is 15.2. The van der Waals surface area contributed by atoms with Crippen molar-refractivity contribution in [3.63, 3.8) is 0 Å². The molecule has 2 aliphatic carbocycles. The Bertz CT molecular complexity index is 1340.